The zero-order valence-electron chi connectivity index (χ0n) is 19.4. The number of nitrogens with one attached hydrogen (secondary N) is 1. The van der Waals surface area contributed by atoms with Crippen LogP contribution in [0.1, 0.15) is 69.7 Å². The van der Waals surface area contributed by atoms with Gasteiger partial charge in [-0.3, -0.25) is 0 Å². The number of carboxylic acids is 1. The molecule has 0 aliphatic heterocycles. The summed E-state index contributed by atoms with van der Waals surface area (Å²) in [5.74, 6) is -1.00. The highest BCUT2D eigenvalue weighted by atomic mass is 35.5. The molecule has 1 saturated carbocycles. The van der Waals surface area contributed by atoms with Gasteiger partial charge in [0.1, 0.15) is 12.7 Å². The van der Waals surface area contributed by atoms with Crippen LogP contribution in [0.3, 0.4) is 0 Å². The van der Waals surface area contributed by atoms with Crippen LogP contribution in [-0.2, 0) is 9.53 Å². The summed E-state index contributed by atoms with van der Waals surface area (Å²) >= 11 is 14.5. The molecule has 0 unspecified atom stereocenters. The lowest BCUT2D eigenvalue weighted by molar-refractivity contribution is -0.145. The molecule has 0 saturated heterocycles. The van der Waals surface area contributed by atoms with Crippen molar-refractivity contribution in [1.82, 2.24) is 5.32 Å². The van der Waals surface area contributed by atoms with Crippen molar-refractivity contribution < 1.29 is 14.6 Å². The van der Waals surface area contributed by atoms with Crippen molar-refractivity contribution in [3.05, 3.63) is 69.7 Å². The maximum absolute atomic E-state index is 11.4. The second-order valence-electron chi connectivity index (χ2n) is 9.54. The van der Waals surface area contributed by atoms with Crippen LogP contribution in [0.15, 0.2) is 48.5 Å². The monoisotopic (exact) mass is 509 g/mol. The summed E-state index contributed by atoms with van der Waals surface area (Å²) in [4.78, 5) is 11.4. The Bertz CT molecular complexity index is 916. The minimum absolute atomic E-state index is 0.157. The van der Waals surface area contributed by atoms with Gasteiger partial charge in [0.25, 0.3) is 0 Å². The minimum Gasteiger partial charge on any atom is -0.480 e. The first-order valence-electron chi connectivity index (χ1n) is 11.4. The van der Waals surface area contributed by atoms with Gasteiger partial charge in [-0.15, -0.1) is 0 Å². The number of carboxylic acid groups (broad SMARTS) is 1. The summed E-state index contributed by atoms with van der Waals surface area (Å²) in [5.41, 5.74) is 1.84. The van der Waals surface area contributed by atoms with Crippen molar-refractivity contribution >= 4 is 40.9 Å². The van der Waals surface area contributed by atoms with Gasteiger partial charge in [0, 0.05) is 26.1 Å². The number of rotatable bonds is 9. The molecule has 2 aromatic carbocycles. The number of ether oxygens (including phenoxy) is 1. The molecule has 0 radical (unpaired) electrons. The van der Waals surface area contributed by atoms with Gasteiger partial charge in [0.2, 0.25) is 0 Å². The molecule has 4 nitrogen and oxygen atoms in total. The quantitative estimate of drug-likeness (QED) is 0.371. The Hall–Kier alpha value is -1.24. The molecule has 3 rings (SSSR count). The fraction of sp³-hybridized carbons (Fsp3) is 0.500. The van der Waals surface area contributed by atoms with Crippen molar-refractivity contribution in [2.75, 3.05) is 6.61 Å². The molecule has 2 aromatic rings. The number of benzene rings is 2. The Morgan fingerprint density at radius 2 is 1.79 bits per heavy atom. The zero-order valence-corrected chi connectivity index (χ0v) is 21.7. The smallest absolute Gasteiger partial charge is 0.329 e. The Morgan fingerprint density at radius 1 is 1.09 bits per heavy atom. The molecule has 180 valence electrons. The molecule has 0 aromatic heterocycles. The summed E-state index contributed by atoms with van der Waals surface area (Å²) in [6.45, 7) is 6.37. The first-order valence-corrected chi connectivity index (χ1v) is 13.0. The van der Waals surface area contributed by atoms with Crippen molar-refractivity contribution in [2.24, 2.45) is 0 Å². The van der Waals surface area contributed by atoms with Crippen LogP contribution in [0.4, 0.5) is 0 Å². The summed E-state index contributed by atoms with van der Waals surface area (Å²) in [5, 5.41) is 14.9. The van der Waals surface area contributed by atoms with Crippen LogP contribution >= 0.6 is 35.0 Å². The summed E-state index contributed by atoms with van der Waals surface area (Å²) < 4.78 is 6.17. The number of carbonyl (C=O) groups is 1. The predicted octanol–water partition coefficient (Wildman–Crippen LogP) is 7.31. The summed E-state index contributed by atoms with van der Waals surface area (Å²) in [6, 6.07) is 15.2. The molecule has 33 heavy (non-hydrogen) atoms. The van der Waals surface area contributed by atoms with Gasteiger partial charge in [-0.2, -0.15) is 11.8 Å². The van der Waals surface area contributed by atoms with E-state index in [1.54, 1.807) is 6.07 Å². The van der Waals surface area contributed by atoms with Gasteiger partial charge >= 0.3 is 5.97 Å². The standard InChI is InChI=1S/C26H33Cl2NO3S/c1-26(2,3)33-22-10-5-4-9-21(22)29-24(17-11-13-19(27)14-12-17)25(32-16-23(30)31)18-7-6-8-20(28)15-18/h6-8,11-15,21-22,24-25,29H,4-5,9-10,16H2,1-3H3,(H,30,31)/t21-,22-,24-,25+/m0/s1. The highest BCUT2D eigenvalue weighted by molar-refractivity contribution is 8.01. The van der Waals surface area contributed by atoms with Gasteiger partial charge in [-0.05, 0) is 48.2 Å². The largest absolute Gasteiger partial charge is 0.480 e. The highest BCUT2D eigenvalue weighted by Gasteiger charge is 2.34. The maximum Gasteiger partial charge on any atom is 0.329 e. The van der Waals surface area contributed by atoms with Crippen molar-refractivity contribution in [2.45, 2.75) is 74.6 Å². The topological polar surface area (TPSA) is 58.6 Å². The van der Waals surface area contributed by atoms with E-state index in [-0.39, 0.29) is 16.8 Å². The molecule has 0 amide bonds. The number of hydrogen-bond acceptors (Lipinski definition) is 4. The third-order valence-corrected chi connectivity index (χ3v) is 7.76. The molecule has 0 bridgehead atoms. The molecule has 4 atom stereocenters. The molecule has 0 heterocycles. The van der Waals surface area contributed by atoms with E-state index in [1.807, 2.05) is 54.2 Å². The van der Waals surface area contributed by atoms with Crippen molar-refractivity contribution in [3.63, 3.8) is 0 Å². The van der Waals surface area contributed by atoms with Crippen LogP contribution < -0.4 is 5.32 Å². The fourth-order valence-corrected chi connectivity index (χ4v) is 6.27. The van der Waals surface area contributed by atoms with Crippen molar-refractivity contribution in [3.8, 4) is 0 Å². The van der Waals surface area contributed by atoms with E-state index < -0.39 is 18.7 Å². The average Bonchev–Trinajstić information content (AvgIpc) is 2.74. The van der Waals surface area contributed by atoms with Gasteiger partial charge in [0.05, 0.1) is 6.04 Å². The van der Waals surface area contributed by atoms with Crippen LogP contribution in [0.25, 0.3) is 0 Å². The number of halogens is 2. The fourth-order valence-electron chi connectivity index (χ4n) is 4.37. The number of aliphatic carboxylic acids is 1. The van der Waals surface area contributed by atoms with E-state index in [1.165, 1.54) is 12.8 Å². The predicted molar refractivity (Wildman–Crippen MR) is 138 cm³/mol. The number of thioether (sulfide) groups is 1. The second kappa shape index (κ2) is 11.9. The molecule has 2 N–H and O–H groups in total. The molecular formula is C26H33Cl2NO3S. The third kappa shape index (κ3) is 8.18. The van der Waals surface area contributed by atoms with Gasteiger partial charge in [-0.25, -0.2) is 4.79 Å². The lowest BCUT2D eigenvalue weighted by atomic mass is 9.90. The SMILES string of the molecule is CC(C)(C)S[C@H]1CCCC[C@@H]1N[C@@H](c1ccc(Cl)cc1)[C@H](OCC(=O)O)c1cccc(Cl)c1. The minimum atomic E-state index is -1.00. The van der Waals surface area contributed by atoms with Crippen LogP contribution in [0.5, 0.6) is 0 Å². The first-order chi connectivity index (χ1) is 15.6. The van der Waals surface area contributed by atoms with E-state index in [0.717, 1.165) is 24.0 Å². The third-order valence-electron chi connectivity index (χ3n) is 5.70. The molecule has 1 fully saturated rings. The van der Waals surface area contributed by atoms with E-state index in [0.29, 0.717) is 15.3 Å². The lowest BCUT2D eigenvalue weighted by Gasteiger charge is -2.40. The van der Waals surface area contributed by atoms with E-state index in [9.17, 15) is 9.90 Å². The molecule has 1 aliphatic rings. The number of hydrogen-bond donors (Lipinski definition) is 2. The Kier molecular flexibility index (Phi) is 9.54. The van der Waals surface area contributed by atoms with Crippen LogP contribution in [0.2, 0.25) is 10.0 Å². The molecule has 7 heteroatoms. The van der Waals surface area contributed by atoms with E-state index in [4.69, 9.17) is 27.9 Å². The van der Waals surface area contributed by atoms with E-state index >= 15 is 0 Å². The summed E-state index contributed by atoms with van der Waals surface area (Å²) in [7, 11) is 0. The highest BCUT2D eigenvalue weighted by Crippen LogP contribution is 2.40. The molecule has 1 aliphatic carbocycles. The lowest BCUT2D eigenvalue weighted by Crippen LogP contribution is -2.45. The van der Waals surface area contributed by atoms with Gasteiger partial charge in [0.15, 0.2) is 0 Å². The Labute approximate surface area is 211 Å². The maximum atomic E-state index is 11.4. The molecular weight excluding hydrogens is 477 g/mol. The Balaban J connectivity index is 1.99. The summed E-state index contributed by atoms with van der Waals surface area (Å²) in [6.07, 6.45) is 4.10. The van der Waals surface area contributed by atoms with Gasteiger partial charge < -0.3 is 15.2 Å². The van der Waals surface area contributed by atoms with Crippen LogP contribution in [0, 0.1) is 0 Å². The van der Waals surface area contributed by atoms with Gasteiger partial charge in [-0.1, -0.05) is 81.1 Å². The molecule has 0 spiro atoms. The first kappa shape index (κ1) is 26.4. The second-order valence-corrected chi connectivity index (χ2v) is 12.5. The normalized spacial score (nSPS) is 20.9. The van der Waals surface area contributed by atoms with E-state index in [2.05, 4.69) is 26.1 Å². The van der Waals surface area contributed by atoms with Crippen molar-refractivity contribution in [1.29, 1.82) is 0 Å². The zero-order chi connectivity index (χ0) is 24.0. The Morgan fingerprint density at radius 3 is 2.42 bits per heavy atom. The van der Waals surface area contributed by atoms with Crippen LogP contribution in [-0.4, -0.2) is 33.7 Å². The average molecular weight is 511 g/mol.